The maximum Gasteiger partial charge on any atom is 0.221 e. The van der Waals surface area contributed by atoms with Gasteiger partial charge >= 0.3 is 0 Å². The lowest BCUT2D eigenvalue weighted by Gasteiger charge is -2.19. The second kappa shape index (κ2) is 7.23. The first-order chi connectivity index (χ1) is 10.8. The highest BCUT2D eigenvalue weighted by atomic mass is 16.5. The number of amides is 1. The summed E-state index contributed by atoms with van der Waals surface area (Å²) in [7, 11) is 0. The van der Waals surface area contributed by atoms with Crippen LogP contribution in [0.2, 0.25) is 0 Å². The molecule has 0 unspecified atom stereocenters. The normalized spacial score (nSPS) is 17.6. The molecule has 0 bridgehead atoms. The Bertz CT molecular complexity index is 552. The molecule has 3 heteroatoms. The van der Waals surface area contributed by atoms with Gasteiger partial charge in [-0.05, 0) is 17.5 Å². The van der Waals surface area contributed by atoms with Gasteiger partial charge in [-0.1, -0.05) is 60.7 Å². The van der Waals surface area contributed by atoms with Crippen molar-refractivity contribution in [3.8, 4) is 0 Å². The van der Waals surface area contributed by atoms with E-state index in [4.69, 9.17) is 4.74 Å². The van der Waals surface area contributed by atoms with Gasteiger partial charge in [0.05, 0.1) is 12.6 Å². The third-order valence-corrected chi connectivity index (χ3v) is 4.09. The van der Waals surface area contributed by atoms with Crippen LogP contribution in [-0.4, -0.2) is 25.2 Å². The quantitative estimate of drug-likeness (QED) is 0.920. The Labute approximate surface area is 131 Å². The molecule has 0 radical (unpaired) electrons. The highest BCUT2D eigenvalue weighted by Gasteiger charge is 2.22. The third kappa shape index (κ3) is 3.74. The zero-order chi connectivity index (χ0) is 15.2. The van der Waals surface area contributed by atoms with Crippen LogP contribution in [0.1, 0.15) is 29.9 Å². The van der Waals surface area contributed by atoms with Gasteiger partial charge in [-0.2, -0.15) is 0 Å². The predicted octanol–water partition coefficient (Wildman–Crippen LogP) is 3.11. The first-order valence-electron chi connectivity index (χ1n) is 7.80. The van der Waals surface area contributed by atoms with Crippen molar-refractivity contribution in [3.05, 3.63) is 71.8 Å². The molecule has 114 valence electrons. The minimum Gasteiger partial charge on any atom is -0.379 e. The molecule has 1 saturated heterocycles. The Hall–Kier alpha value is -2.13. The zero-order valence-corrected chi connectivity index (χ0v) is 12.6. The number of carbonyl (C=O) groups is 1. The minimum atomic E-state index is 0.0877. The first-order valence-corrected chi connectivity index (χ1v) is 7.80. The fourth-order valence-electron chi connectivity index (χ4n) is 2.92. The van der Waals surface area contributed by atoms with Crippen molar-refractivity contribution in [1.29, 1.82) is 0 Å². The molecule has 0 spiro atoms. The zero-order valence-electron chi connectivity index (χ0n) is 12.6. The van der Waals surface area contributed by atoms with Crippen LogP contribution in [0, 0.1) is 0 Å². The SMILES string of the molecule is O=C(CC(c1ccccc1)c1ccccc1)N[C@H]1CCOC1. The van der Waals surface area contributed by atoms with Crippen molar-refractivity contribution < 1.29 is 9.53 Å². The number of carbonyl (C=O) groups excluding carboxylic acids is 1. The molecule has 2 aromatic rings. The molecular weight excluding hydrogens is 274 g/mol. The van der Waals surface area contributed by atoms with E-state index in [0.717, 1.165) is 13.0 Å². The van der Waals surface area contributed by atoms with Crippen molar-refractivity contribution in [3.63, 3.8) is 0 Å². The Morgan fingerprint density at radius 1 is 1.05 bits per heavy atom. The van der Waals surface area contributed by atoms with Crippen LogP contribution < -0.4 is 5.32 Å². The maximum atomic E-state index is 12.4. The summed E-state index contributed by atoms with van der Waals surface area (Å²) in [6.45, 7) is 1.37. The Kier molecular flexibility index (Phi) is 4.86. The van der Waals surface area contributed by atoms with Crippen LogP contribution in [0.5, 0.6) is 0 Å². The number of hydrogen-bond acceptors (Lipinski definition) is 2. The number of ether oxygens (including phenoxy) is 1. The number of rotatable bonds is 5. The van der Waals surface area contributed by atoms with E-state index in [1.165, 1.54) is 11.1 Å². The summed E-state index contributed by atoms with van der Waals surface area (Å²) < 4.78 is 5.32. The highest BCUT2D eigenvalue weighted by molar-refractivity contribution is 5.78. The van der Waals surface area contributed by atoms with Gasteiger partial charge in [0.15, 0.2) is 0 Å². The van der Waals surface area contributed by atoms with Crippen molar-refractivity contribution in [2.45, 2.75) is 24.8 Å². The summed E-state index contributed by atoms with van der Waals surface area (Å²) in [4.78, 5) is 12.4. The summed E-state index contributed by atoms with van der Waals surface area (Å²) in [5, 5.41) is 3.08. The molecule has 1 aliphatic rings. The van der Waals surface area contributed by atoms with Gasteiger partial charge in [-0.25, -0.2) is 0 Å². The summed E-state index contributed by atoms with van der Waals surface area (Å²) >= 11 is 0. The van der Waals surface area contributed by atoms with E-state index < -0.39 is 0 Å². The van der Waals surface area contributed by atoms with E-state index in [-0.39, 0.29) is 17.9 Å². The van der Waals surface area contributed by atoms with Crippen molar-refractivity contribution in [1.82, 2.24) is 5.32 Å². The lowest BCUT2D eigenvalue weighted by molar-refractivity contribution is -0.122. The molecule has 1 amide bonds. The van der Waals surface area contributed by atoms with Gasteiger partial charge in [0.2, 0.25) is 5.91 Å². The molecule has 0 aliphatic carbocycles. The van der Waals surface area contributed by atoms with Crippen LogP contribution in [0.15, 0.2) is 60.7 Å². The fourth-order valence-corrected chi connectivity index (χ4v) is 2.92. The van der Waals surface area contributed by atoms with Crippen LogP contribution in [-0.2, 0) is 9.53 Å². The maximum absolute atomic E-state index is 12.4. The third-order valence-electron chi connectivity index (χ3n) is 4.09. The monoisotopic (exact) mass is 295 g/mol. The molecule has 1 heterocycles. The molecule has 3 nitrogen and oxygen atoms in total. The fraction of sp³-hybridized carbons (Fsp3) is 0.316. The average Bonchev–Trinajstić information content (AvgIpc) is 3.07. The van der Waals surface area contributed by atoms with Gasteiger partial charge in [0.1, 0.15) is 0 Å². The molecule has 0 saturated carbocycles. The van der Waals surface area contributed by atoms with Gasteiger partial charge < -0.3 is 10.1 Å². The van der Waals surface area contributed by atoms with Crippen molar-refractivity contribution in [2.75, 3.05) is 13.2 Å². The largest absolute Gasteiger partial charge is 0.379 e. The molecule has 3 rings (SSSR count). The Morgan fingerprint density at radius 3 is 2.14 bits per heavy atom. The van der Waals surface area contributed by atoms with Crippen LogP contribution in [0.3, 0.4) is 0 Å². The molecular formula is C19H21NO2. The summed E-state index contributed by atoms with van der Waals surface area (Å²) in [6.07, 6.45) is 1.37. The first kappa shape index (κ1) is 14.8. The Balaban J connectivity index is 1.75. The number of hydrogen-bond donors (Lipinski definition) is 1. The lowest BCUT2D eigenvalue weighted by Crippen LogP contribution is -2.35. The minimum absolute atomic E-state index is 0.0877. The highest BCUT2D eigenvalue weighted by Crippen LogP contribution is 2.27. The van der Waals surface area contributed by atoms with Crippen LogP contribution >= 0.6 is 0 Å². The van der Waals surface area contributed by atoms with E-state index >= 15 is 0 Å². The second-order valence-electron chi connectivity index (χ2n) is 5.71. The molecule has 1 fully saturated rings. The molecule has 2 aromatic carbocycles. The summed E-state index contributed by atoms with van der Waals surface area (Å²) in [6, 6.07) is 20.6. The molecule has 1 N–H and O–H groups in total. The van der Waals surface area contributed by atoms with Crippen molar-refractivity contribution in [2.24, 2.45) is 0 Å². The standard InChI is InChI=1S/C19H21NO2/c21-19(20-17-11-12-22-14-17)13-18(15-7-3-1-4-8-15)16-9-5-2-6-10-16/h1-10,17-18H,11-14H2,(H,20,21)/t17-/m0/s1. The molecule has 1 atom stereocenters. The summed E-state index contributed by atoms with van der Waals surface area (Å²) in [5.41, 5.74) is 2.35. The van der Waals surface area contributed by atoms with Gasteiger partial charge in [0, 0.05) is 18.9 Å². The molecule has 1 aliphatic heterocycles. The van der Waals surface area contributed by atoms with E-state index in [2.05, 4.69) is 29.6 Å². The van der Waals surface area contributed by atoms with E-state index in [9.17, 15) is 4.79 Å². The van der Waals surface area contributed by atoms with Gasteiger partial charge in [-0.3, -0.25) is 4.79 Å². The van der Waals surface area contributed by atoms with Crippen LogP contribution in [0.25, 0.3) is 0 Å². The van der Waals surface area contributed by atoms with E-state index in [0.29, 0.717) is 13.0 Å². The summed E-state index contributed by atoms with van der Waals surface area (Å²) in [5.74, 6) is 0.179. The number of benzene rings is 2. The predicted molar refractivity (Wildman–Crippen MR) is 86.7 cm³/mol. The second-order valence-corrected chi connectivity index (χ2v) is 5.71. The lowest BCUT2D eigenvalue weighted by atomic mass is 9.88. The van der Waals surface area contributed by atoms with Crippen molar-refractivity contribution >= 4 is 5.91 Å². The average molecular weight is 295 g/mol. The smallest absolute Gasteiger partial charge is 0.221 e. The Morgan fingerprint density at radius 2 is 1.64 bits per heavy atom. The van der Waals surface area contributed by atoms with Gasteiger partial charge in [-0.15, -0.1) is 0 Å². The van der Waals surface area contributed by atoms with Gasteiger partial charge in [0.25, 0.3) is 0 Å². The molecule has 22 heavy (non-hydrogen) atoms. The van der Waals surface area contributed by atoms with E-state index in [1.54, 1.807) is 0 Å². The number of nitrogens with one attached hydrogen (secondary N) is 1. The topological polar surface area (TPSA) is 38.3 Å². The molecule has 0 aromatic heterocycles. The van der Waals surface area contributed by atoms with E-state index in [1.807, 2.05) is 36.4 Å². The van der Waals surface area contributed by atoms with Crippen LogP contribution in [0.4, 0.5) is 0 Å².